The Kier molecular flexibility index (Phi) is 20.7. The Balaban J connectivity index is 0. The van der Waals surface area contributed by atoms with Crippen molar-refractivity contribution in [1.82, 2.24) is 5.32 Å². The summed E-state index contributed by atoms with van der Waals surface area (Å²) in [5.74, 6) is 0. The monoisotopic (exact) mass is 173 g/mol. The first-order chi connectivity index (χ1) is 5.91. The molecule has 0 bridgehead atoms. The van der Waals surface area contributed by atoms with Gasteiger partial charge in [-0.1, -0.05) is 52.9 Å². The van der Waals surface area contributed by atoms with E-state index in [1.54, 1.807) is 0 Å². The second kappa shape index (κ2) is 17.2. The van der Waals surface area contributed by atoms with Crippen LogP contribution in [0, 0.1) is 0 Å². The lowest BCUT2D eigenvalue weighted by atomic mass is 10.1. The van der Waals surface area contributed by atoms with Crippen molar-refractivity contribution in [2.45, 2.75) is 59.3 Å². The van der Waals surface area contributed by atoms with Crippen LogP contribution in [0.15, 0.2) is 0 Å². The third-order valence-electron chi connectivity index (χ3n) is 1.78. The molecular weight excluding hydrogens is 146 g/mol. The lowest BCUT2D eigenvalue weighted by Gasteiger charge is -1.98. The van der Waals surface area contributed by atoms with E-state index in [0.29, 0.717) is 0 Å². The molecule has 0 aliphatic rings. The Morgan fingerprint density at radius 1 is 0.833 bits per heavy atom. The number of hydrogen-bond donors (Lipinski definition) is 1. The molecule has 0 fully saturated rings. The first-order valence-corrected chi connectivity index (χ1v) is 5.56. The van der Waals surface area contributed by atoms with Gasteiger partial charge in [-0.05, 0) is 20.0 Å². The van der Waals surface area contributed by atoms with Crippen LogP contribution in [-0.4, -0.2) is 13.6 Å². The molecule has 0 rings (SSSR count). The van der Waals surface area contributed by atoms with Crippen LogP contribution in [0.3, 0.4) is 0 Å². The molecule has 0 saturated heterocycles. The Labute approximate surface area is 78.9 Å². The normalized spacial score (nSPS) is 9.00. The molecule has 0 unspecified atom stereocenters. The fourth-order valence-electron chi connectivity index (χ4n) is 1.08. The van der Waals surface area contributed by atoms with Gasteiger partial charge in [-0.25, -0.2) is 0 Å². The third kappa shape index (κ3) is 16.5. The van der Waals surface area contributed by atoms with Crippen molar-refractivity contribution < 1.29 is 0 Å². The molecule has 0 heterocycles. The van der Waals surface area contributed by atoms with E-state index < -0.39 is 0 Å². The first kappa shape index (κ1) is 14.5. The molecular formula is C11H27N. The molecule has 0 spiro atoms. The van der Waals surface area contributed by atoms with E-state index in [1.165, 1.54) is 45.1 Å². The molecule has 0 atom stereocenters. The minimum atomic E-state index is 1.19. The van der Waals surface area contributed by atoms with Gasteiger partial charge in [0.15, 0.2) is 0 Å². The molecule has 12 heavy (non-hydrogen) atoms. The minimum absolute atomic E-state index is 1.19. The second-order valence-electron chi connectivity index (χ2n) is 2.87. The summed E-state index contributed by atoms with van der Waals surface area (Å²) in [4.78, 5) is 0. The molecule has 1 N–H and O–H groups in total. The predicted molar refractivity (Wildman–Crippen MR) is 58.7 cm³/mol. The van der Waals surface area contributed by atoms with Gasteiger partial charge in [-0.15, -0.1) is 0 Å². The van der Waals surface area contributed by atoms with E-state index in [2.05, 4.69) is 12.2 Å². The average molecular weight is 173 g/mol. The summed E-state index contributed by atoms with van der Waals surface area (Å²) in [7, 11) is 2.02. The van der Waals surface area contributed by atoms with Crippen LogP contribution in [0.1, 0.15) is 59.3 Å². The number of nitrogens with one attached hydrogen (secondary N) is 1. The summed E-state index contributed by atoms with van der Waals surface area (Å²) >= 11 is 0. The maximum Gasteiger partial charge on any atom is -0.00519 e. The van der Waals surface area contributed by atoms with Crippen LogP contribution in [0.25, 0.3) is 0 Å². The van der Waals surface area contributed by atoms with Crippen LogP contribution in [0.4, 0.5) is 0 Å². The number of unbranched alkanes of at least 4 members (excludes halogenated alkanes) is 5. The Hall–Kier alpha value is -0.0400. The standard InChI is InChI=1S/C9H21N.C2H6/c1-3-4-5-6-7-8-9-10-2;1-2/h10H,3-9H2,1-2H3;1-2H3. The van der Waals surface area contributed by atoms with Gasteiger partial charge in [0.05, 0.1) is 0 Å². The van der Waals surface area contributed by atoms with Crippen LogP contribution in [-0.2, 0) is 0 Å². The van der Waals surface area contributed by atoms with E-state index in [-0.39, 0.29) is 0 Å². The van der Waals surface area contributed by atoms with Gasteiger partial charge in [0, 0.05) is 0 Å². The fraction of sp³-hybridized carbons (Fsp3) is 1.00. The molecule has 0 aliphatic heterocycles. The number of hydrogen-bond acceptors (Lipinski definition) is 1. The zero-order chi connectivity index (χ0) is 9.66. The molecule has 0 amide bonds. The SMILES string of the molecule is CC.CCCCCCCCNC. The quantitative estimate of drug-likeness (QED) is 0.580. The number of rotatable bonds is 7. The molecule has 0 aromatic carbocycles. The van der Waals surface area contributed by atoms with E-state index in [4.69, 9.17) is 0 Å². The second-order valence-corrected chi connectivity index (χ2v) is 2.87. The summed E-state index contributed by atoms with van der Waals surface area (Å²) < 4.78 is 0. The van der Waals surface area contributed by atoms with E-state index in [0.717, 1.165) is 0 Å². The summed E-state index contributed by atoms with van der Waals surface area (Å²) in [5.41, 5.74) is 0. The van der Waals surface area contributed by atoms with Crippen molar-refractivity contribution in [3.8, 4) is 0 Å². The Morgan fingerprint density at radius 2 is 1.33 bits per heavy atom. The minimum Gasteiger partial charge on any atom is -0.320 e. The molecule has 1 heteroatoms. The lowest BCUT2D eigenvalue weighted by molar-refractivity contribution is 0.592. The van der Waals surface area contributed by atoms with Gasteiger partial charge in [0.2, 0.25) is 0 Å². The maximum absolute atomic E-state index is 3.16. The highest BCUT2D eigenvalue weighted by atomic mass is 14.8. The maximum atomic E-state index is 3.16. The topological polar surface area (TPSA) is 12.0 Å². The van der Waals surface area contributed by atoms with Crippen molar-refractivity contribution in [3.05, 3.63) is 0 Å². The van der Waals surface area contributed by atoms with Gasteiger partial charge in [0.1, 0.15) is 0 Å². The Morgan fingerprint density at radius 3 is 1.83 bits per heavy atom. The molecule has 0 aliphatic carbocycles. The van der Waals surface area contributed by atoms with Crippen molar-refractivity contribution in [2.75, 3.05) is 13.6 Å². The zero-order valence-corrected chi connectivity index (χ0v) is 9.45. The van der Waals surface area contributed by atoms with E-state index in [1.807, 2.05) is 20.9 Å². The summed E-state index contributed by atoms with van der Waals surface area (Å²) in [6.45, 7) is 7.44. The first-order valence-electron chi connectivity index (χ1n) is 5.56. The lowest BCUT2D eigenvalue weighted by Crippen LogP contribution is -2.06. The van der Waals surface area contributed by atoms with Gasteiger partial charge < -0.3 is 5.32 Å². The summed E-state index contributed by atoms with van der Waals surface area (Å²) in [6.07, 6.45) is 8.38. The molecule has 0 aromatic rings. The average Bonchev–Trinajstić information content (AvgIpc) is 2.15. The van der Waals surface area contributed by atoms with Crippen molar-refractivity contribution in [2.24, 2.45) is 0 Å². The van der Waals surface area contributed by atoms with Gasteiger partial charge in [-0.3, -0.25) is 0 Å². The smallest absolute Gasteiger partial charge is 0.00519 e. The van der Waals surface area contributed by atoms with Crippen molar-refractivity contribution in [3.63, 3.8) is 0 Å². The molecule has 76 valence electrons. The van der Waals surface area contributed by atoms with Crippen molar-refractivity contribution in [1.29, 1.82) is 0 Å². The van der Waals surface area contributed by atoms with Crippen molar-refractivity contribution >= 4 is 0 Å². The van der Waals surface area contributed by atoms with E-state index in [9.17, 15) is 0 Å². The zero-order valence-electron chi connectivity index (χ0n) is 9.45. The van der Waals surface area contributed by atoms with Crippen LogP contribution in [0.5, 0.6) is 0 Å². The Bertz CT molecular complexity index is 45.0. The highest BCUT2D eigenvalue weighted by Gasteiger charge is 1.87. The molecule has 0 aromatic heterocycles. The third-order valence-corrected chi connectivity index (χ3v) is 1.78. The summed E-state index contributed by atoms with van der Waals surface area (Å²) in [6, 6.07) is 0. The molecule has 0 saturated carbocycles. The summed E-state index contributed by atoms with van der Waals surface area (Å²) in [5, 5.41) is 3.16. The van der Waals surface area contributed by atoms with Gasteiger partial charge in [0.25, 0.3) is 0 Å². The highest BCUT2D eigenvalue weighted by molar-refractivity contribution is 4.45. The van der Waals surface area contributed by atoms with Gasteiger partial charge in [-0.2, -0.15) is 0 Å². The molecule has 1 nitrogen and oxygen atoms in total. The largest absolute Gasteiger partial charge is 0.320 e. The van der Waals surface area contributed by atoms with Gasteiger partial charge >= 0.3 is 0 Å². The van der Waals surface area contributed by atoms with Crippen LogP contribution >= 0.6 is 0 Å². The highest BCUT2D eigenvalue weighted by Crippen LogP contribution is 2.03. The fourth-order valence-corrected chi connectivity index (χ4v) is 1.08. The molecule has 0 radical (unpaired) electrons. The predicted octanol–water partition coefficient (Wildman–Crippen LogP) is 3.59. The van der Waals surface area contributed by atoms with Crippen LogP contribution in [0.2, 0.25) is 0 Å². The van der Waals surface area contributed by atoms with Crippen LogP contribution < -0.4 is 5.32 Å². The van der Waals surface area contributed by atoms with E-state index >= 15 is 0 Å².